The molecule has 0 spiro atoms. The van der Waals surface area contributed by atoms with E-state index in [9.17, 15) is 0 Å². The van der Waals surface area contributed by atoms with Crippen molar-refractivity contribution >= 4 is 0 Å². The van der Waals surface area contributed by atoms with E-state index in [1.165, 1.54) is 60.8 Å². The third-order valence-electron chi connectivity index (χ3n) is 4.20. The van der Waals surface area contributed by atoms with Crippen molar-refractivity contribution in [3.05, 3.63) is 46.5 Å². The Kier molecular flexibility index (Phi) is 5.81. The Hall–Kier alpha value is -1.12. The zero-order valence-corrected chi connectivity index (χ0v) is 12.9. The van der Waals surface area contributed by atoms with Gasteiger partial charge in [0.2, 0.25) is 0 Å². The number of allylic oxidation sites excluding steroid dienone is 1. The van der Waals surface area contributed by atoms with Crippen molar-refractivity contribution in [3.8, 4) is 0 Å². The predicted octanol–water partition coefficient (Wildman–Crippen LogP) is 3.96. The van der Waals surface area contributed by atoms with Gasteiger partial charge in [-0.3, -0.25) is 11.3 Å². The number of nitrogens with two attached hydrogens (primary N) is 1. The number of nitrogens with one attached hydrogen (secondary N) is 1. The second kappa shape index (κ2) is 7.61. The fraction of sp³-hybridized carbons (Fsp3) is 0.556. The lowest BCUT2D eigenvalue weighted by molar-refractivity contribution is 0.536. The van der Waals surface area contributed by atoms with Gasteiger partial charge in [0, 0.05) is 6.04 Å². The minimum atomic E-state index is 0.286. The maximum absolute atomic E-state index is 5.83. The molecule has 20 heavy (non-hydrogen) atoms. The van der Waals surface area contributed by atoms with Crippen molar-refractivity contribution in [3.63, 3.8) is 0 Å². The summed E-state index contributed by atoms with van der Waals surface area (Å²) < 4.78 is 0. The van der Waals surface area contributed by atoms with Gasteiger partial charge in [0.05, 0.1) is 0 Å². The van der Waals surface area contributed by atoms with Gasteiger partial charge in [-0.25, -0.2) is 0 Å². The number of aryl methyl sites for hydroxylation is 2. The zero-order chi connectivity index (χ0) is 14.4. The van der Waals surface area contributed by atoms with Crippen LogP contribution >= 0.6 is 0 Å². The average molecular weight is 272 g/mol. The molecule has 2 heteroatoms. The van der Waals surface area contributed by atoms with E-state index in [-0.39, 0.29) is 6.04 Å². The number of hydrogen-bond donors (Lipinski definition) is 2. The van der Waals surface area contributed by atoms with Crippen molar-refractivity contribution in [1.29, 1.82) is 0 Å². The summed E-state index contributed by atoms with van der Waals surface area (Å²) in [6.45, 7) is 4.33. The predicted molar refractivity (Wildman–Crippen MR) is 86.5 cm³/mol. The first kappa shape index (κ1) is 15.3. The highest BCUT2D eigenvalue weighted by Gasteiger charge is 2.14. The number of benzene rings is 1. The van der Waals surface area contributed by atoms with Crippen LogP contribution in [0.3, 0.4) is 0 Å². The van der Waals surface area contributed by atoms with Gasteiger partial charge in [0.25, 0.3) is 0 Å². The Morgan fingerprint density at radius 1 is 1.05 bits per heavy atom. The third kappa shape index (κ3) is 4.46. The van der Waals surface area contributed by atoms with Gasteiger partial charge in [0.1, 0.15) is 0 Å². The minimum absolute atomic E-state index is 0.286. The highest BCUT2D eigenvalue weighted by atomic mass is 15.2. The molecule has 0 fully saturated rings. The summed E-state index contributed by atoms with van der Waals surface area (Å²) in [4.78, 5) is 0. The third-order valence-corrected chi connectivity index (χ3v) is 4.20. The molecule has 1 unspecified atom stereocenters. The van der Waals surface area contributed by atoms with Crippen LogP contribution in [0.4, 0.5) is 0 Å². The Bertz CT molecular complexity index is 442. The molecule has 1 aliphatic carbocycles. The lowest BCUT2D eigenvalue weighted by Gasteiger charge is -2.22. The number of hydrazine groups is 1. The first-order valence-corrected chi connectivity index (χ1v) is 7.91. The van der Waals surface area contributed by atoms with Gasteiger partial charge < -0.3 is 0 Å². The summed E-state index contributed by atoms with van der Waals surface area (Å²) in [5.41, 5.74) is 8.60. The summed E-state index contributed by atoms with van der Waals surface area (Å²) in [6.07, 6.45) is 11.2. The maximum atomic E-state index is 5.83. The molecular formula is C18H28N2. The van der Waals surface area contributed by atoms with Crippen LogP contribution in [0.15, 0.2) is 29.8 Å². The molecule has 0 bridgehead atoms. The lowest BCUT2D eigenvalue weighted by atomic mass is 9.91. The molecule has 0 radical (unpaired) electrons. The molecule has 0 saturated heterocycles. The highest BCUT2D eigenvalue weighted by Crippen LogP contribution is 2.22. The van der Waals surface area contributed by atoms with Crippen LogP contribution in [-0.2, 0) is 6.42 Å². The van der Waals surface area contributed by atoms with E-state index >= 15 is 0 Å². The van der Waals surface area contributed by atoms with E-state index in [1.807, 2.05) is 0 Å². The van der Waals surface area contributed by atoms with Crippen LogP contribution in [-0.4, -0.2) is 6.04 Å². The van der Waals surface area contributed by atoms with Crippen LogP contribution in [0.25, 0.3) is 0 Å². The average Bonchev–Trinajstić information content (AvgIpc) is 2.35. The quantitative estimate of drug-likeness (QED) is 0.494. The Morgan fingerprint density at radius 3 is 2.45 bits per heavy atom. The van der Waals surface area contributed by atoms with Crippen molar-refractivity contribution < 1.29 is 0 Å². The van der Waals surface area contributed by atoms with Crippen molar-refractivity contribution in [2.24, 2.45) is 5.84 Å². The van der Waals surface area contributed by atoms with Crippen molar-refractivity contribution in [2.45, 2.75) is 64.8 Å². The Morgan fingerprint density at radius 2 is 1.75 bits per heavy atom. The van der Waals surface area contributed by atoms with Gasteiger partial charge in [0.15, 0.2) is 0 Å². The van der Waals surface area contributed by atoms with Gasteiger partial charge in [-0.05, 0) is 51.5 Å². The molecule has 0 heterocycles. The molecule has 1 atom stereocenters. The fourth-order valence-corrected chi connectivity index (χ4v) is 3.25. The SMILES string of the molecule is Cc1cc(C)cc(CC(NN)/C2=C/CCCCCC2)c1. The normalized spacial score (nSPS) is 20.6. The summed E-state index contributed by atoms with van der Waals surface area (Å²) >= 11 is 0. The van der Waals surface area contributed by atoms with Crippen molar-refractivity contribution in [1.82, 2.24) is 5.43 Å². The van der Waals surface area contributed by atoms with Gasteiger partial charge in [-0.2, -0.15) is 0 Å². The molecule has 1 aromatic carbocycles. The molecular weight excluding hydrogens is 244 g/mol. The van der Waals surface area contributed by atoms with Crippen LogP contribution in [0.5, 0.6) is 0 Å². The minimum Gasteiger partial charge on any atom is -0.271 e. The maximum Gasteiger partial charge on any atom is 0.0460 e. The van der Waals surface area contributed by atoms with E-state index in [2.05, 4.69) is 43.5 Å². The monoisotopic (exact) mass is 272 g/mol. The van der Waals surface area contributed by atoms with Gasteiger partial charge >= 0.3 is 0 Å². The standard InChI is InChI=1S/C18H28N2/c1-14-10-15(2)12-16(11-14)13-18(20-19)17-8-6-4-3-5-7-9-17/h8,10-12,18,20H,3-7,9,13,19H2,1-2H3/b17-8+. The van der Waals surface area contributed by atoms with E-state index < -0.39 is 0 Å². The summed E-state index contributed by atoms with van der Waals surface area (Å²) in [5, 5.41) is 0. The molecule has 1 aliphatic rings. The number of hydrogen-bond acceptors (Lipinski definition) is 2. The topological polar surface area (TPSA) is 38.0 Å². The van der Waals surface area contributed by atoms with Crippen LogP contribution in [0, 0.1) is 13.8 Å². The molecule has 3 N–H and O–H groups in total. The molecule has 0 saturated carbocycles. The van der Waals surface area contributed by atoms with Gasteiger partial charge in [-0.15, -0.1) is 0 Å². The summed E-state index contributed by atoms with van der Waals surface area (Å²) in [6, 6.07) is 7.07. The largest absolute Gasteiger partial charge is 0.271 e. The van der Waals surface area contributed by atoms with Gasteiger partial charge in [-0.1, -0.05) is 53.8 Å². The Labute approximate surface area is 123 Å². The highest BCUT2D eigenvalue weighted by molar-refractivity contribution is 5.30. The molecule has 0 aromatic heterocycles. The lowest BCUT2D eigenvalue weighted by Crippen LogP contribution is -2.38. The molecule has 0 amide bonds. The summed E-state index contributed by atoms with van der Waals surface area (Å²) in [7, 11) is 0. The van der Waals surface area contributed by atoms with Crippen LogP contribution < -0.4 is 11.3 Å². The van der Waals surface area contributed by atoms with E-state index in [1.54, 1.807) is 0 Å². The number of rotatable bonds is 4. The zero-order valence-electron chi connectivity index (χ0n) is 12.9. The van der Waals surface area contributed by atoms with Crippen molar-refractivity contribution in [2.75, 3.05) is 0 Å². The second-order valence-corrected chi connectivity index (χ2v) is 6.15. The fourth-order valence-electron chi connectivity index (χ4n) is 3.25. The van der Waals surface area contributed by atoms with E-state index in [0.717, 1.165) is 6.42 Å². The summed E-state index contributed by atoms with van der Waals surface area (Å²) in [5.74, 6) is 5.83. The molecule has 2 rings (SSSR count). The molecule has 1 aromatic rings. The van der Waals surface area contributed by atoms with Crippen LogP contribution in [0.2, 0.25) is 0 Å². The Balaban J connectivity index is 2.10. The van der Waals surface area contributed by atoms with Crippen LogP contribution in [0.1, 0.15) is 55.2 Å². The molecule has 0 aliphatic heterocycles. The first-order valence-electron chi connectivity index (χ1n) is 7.91. The van der Waals surface area contributed by atoms with E-state index in [0.29, 0.717) is 0 Å². The second-order valence-electron chi connectivity index (χ2n) is 6.15. The molecule has 2 nitrogen and oxygen atoms in total. The smallest absolute Gasteiger partial charge is 0.0460 e. The molecule has 110 valence electrons. The van der Waals surface area contributed by atoms with E-state index in [4.69, 9.17) is 5.84 Å². The first-order chi connectivity index (χ1) is 9.69.